The topological polar surface area (TPSA) is 127 Å². The molecule has 1 saturated heterocycles. The predicted molar refractivity (Wildman–Crippen MR) is 134 cm³/mol. The Morgan fingerprint density at radius 2 is 1.74 bits per heavy atom. The van der Waals surface area contributed by atoms with Crippen LogP contribution in [-0.2, 0) is 6.54 Å². The fourth-order valence-corrected chi connectivity index (χ4v) is 4.97. The number of likely N-dealkylation sites (tertiary alicyclic amines) is 1. The molecule has 0 radical (unpaired) electrons. The maximum atomic E-state index is 13.0. The number of benzene rings is 2. The first-order chi connectivity index (χ1) is 17.0. The molecule has 2 amide bonds. The van der Waals surface area contributed by atoms with Crippen molar-refractivity contribution < 1.29 is 19.5 Å². The van der Waals surface area contributed by atoms with Gasteiger partial charge in [0.15, 0.2) is 0 Å². The van der Waals surface area contributed by atoms with E-state index in [1.807, 2.05) is 12.1 Å². The van der Waals surface area contributed by atoms with Gasteiger partial charge in [0.05, 0.1) is 16.6 Å². The highest BCUT2D eigenvalue weighted by Crippen LogP contribution is 2.30. The first kappa shape index (κ1) is 22.8. The molecule has 1 aliphatic heterocycles. The molecule has 0 spiro atoms. The van der Waals surface area contributed by atoms with Gasteiger partial charge in [0.1, 0.15) is 15.5 Å². The molecule has 0 aliphatic carbocycles. The number of amides is 2. The summed E-state index contributed by atoms with van der Waals surface area (Å²) in [5, 5.41) is 22.0. The molecule has 2 aromatic heterocycles. The van der Waals surface area contributed by atoms with Crippen molar-refractivity contribution in [1.29, 1.82) is 0 Å². The third-order valence-corrected chi connectivity index (χ3v) is 6.96. The smallest absolute Gasteiger partial charge is 0.345 e. The number of carboxylic acids is 1. The summed E-state index contributed by atoms with van der Waals surface area (Å²) >= 11 is 1.01. The molecule has 9 nitrogen and oxygen atoms in total. The number of fused-ring (bicyclic) bond motifs is 1. The Kier molecular flexibility index (Phi) is 6.30. The van der Waals surface area contributed by atoms with E-state index < -0.39 is 11.9 Å². The maximum absolute atomic E-state index is 13.0. The second-order valence-corrected chi connectivity index (χ2v) is 9.40. The Hall–Kier alpha value is -4.02. The molecule has 0 bridgehead atoms. The maximum Gasteiger partial charge on any atom is 0.345 e. The molecule has 10 heteroatoms. The SMILES string of the molecule is O=C(Nc1ccccc1C(=O)Nc1[nH]nc2sc(C(=O)O)cc12)c1ccc(CN2CCCC2)cc1. The Labute approximate surface area is 204 Å². The summed E-state index contributed by atoms with van der Waals surface area (Å²) in [5.74, 6) is -1.53. The van der Waals surface area contributed by atoms with Gasteiger partial charge in [-0.2, -0.15) is 5.10 Å². The van der Waals surface area contributed by atoms with Crippen molar-refractivity contribution in [3.63, 3.8) is 0 Å². The Bertz CT molecular complexity index is 1400. The highest BCUT2D eigenvalue weighted by molar-refractivity contribution is 7.20. The standard InChI is InChI=1S/C25H23N5O4S/c31-22(16-9-7-15(8-10-16)14-30-11-3-4-12-30)26-19-6-2-1-5-17(19)23(32)27-21-18-13-20(25(33)34)35-24(18)29-28-21/h1-2,5-10,13H,3-4,11-12,14H2,(H,26,31)(H,33,34)(H2,27,28,29,32). The molecule has 0 atom stereocenters. The van der Waals surface area contributed by atoms with Crippen molar-refractivity contribution in [2.45, 2.75) is 19.4 Å². The minimum Gasteiger partial charge on any atom is -0.477 e. The van der Waals surface area contributed by atoms with Gasteiger partial charge < -0.3 is 15.7 Å². The van der Waals surface area contributed by atoms with Crippen molar-refractivity contribution in [2.24, 2.45) is 0 Å². The molecule has 0 unspecified atom stereocenters. The van der Waals surface area contributed by atoms with Crippen molar-refractivity contribution in [2.75, 3.05) is 23.7 Å². The predicted octanol–water partition coefficient (Wildman–Crippen LogP) is 4.42. The lowest BCUT2D eigenvalue weighted by Gasteiger charge is -2.15. The van der Waals surface area contributed by atoms with E-state index in [1.54, 1.807) is 36.4 Å². The van der Waals surface area contributed by atoms with Gasteiger partial charge in [-0.25, -0.2) is 4.79 Å². The summed E-state index contributed by atoms with van der Waals surface area (Å²) in [4.78, 5) is 40.1. The van der Waals surface area contributed by atoms with E-state index in [2.05, 4.69) is 25.7 Å². The van der Waals surface area contributed by atoms with Gasteiger partial charge in [-0.05, 0) is 61.8 Å². The summed E-state index contributed by atoms with van der Waals surface area (Å²) in [6.45, 7) is 3.10. The Balaban J connectivity index is 1.29. The number of aromatic carboxylic acids is 1. The molecule has 5 rings (SSSR count). The van der Waals surface area contributed by atoms with Crippen LogP contribution in [0.4, 0.5) is 11.5 Å². The van der Waals surface area contributed by atoms with Crippen molar-refractivity contribution >= 4 is 50.8 Å². The highest BCUT2D eigenvalue weighted by atomic mass is 32.1. The summed E-state index contributed by atoms with van der Waals surface area (Å²) < 4.78 is 0. The zero-order valence-corrected chi connectivity index (χ0v) is 19.5. The number of carboxylic acid groups (broad SMARTS) is 1. The minimum atomic E-state index is -1.05. The van der Waals surface area contributed by atoms with Crippen LogP contribution in [0.3, 0.4) is 0 Å². The summed E-state index contributed by atoms with van der Waals surface area (Å²) in [7, 11) is 0. The second kappa shape index (κ2) is 9.69. The normalized spacial score (nSPS) is 13.7. The largest absolute Gasteiger partial charge is 0.477 e. The molecule has 1 aliphatic rings. The van der Waals surface area contributed by atoms with E-state index in [4.69, 9.17) is 0 Å². The number of nitrogens with one attached hydrogen (secondary N) is 3. The van der Waals surface area contributed by atoms with Gasteiger partial charge in [0.25, 0.3) is 11.8 Å². The third-order valence-electron chi connectivity index (χ3n) is 5.94. The number of para-hydroxylation sites is 1. The Morgan fingerprint density at radius 1 is 1.00 bits per heavy atom. The zero-order valence-electron chi connectivity index (χ0n) is 18.7. The molecule has 0 saturated carbocycles. The summed E-state index contributed by atoms with van der Waals surface area (Å²) in [6, 6.07) is 15.7. The fourth-order valence-electron chi connectivity index (χ4n) is 4.14. The molecule has 35 heavy (non-hydrogen) atoms. The first-order valence-corrected chi connectivity index (χ1v) is 12.0. The minimum absolute atomic E-state index is 0.131. The highest BCUT2D eigenvalue weighted by Gasteiger charge is 2.19. The van der Waals surface area contributed by atoms with E-state index in [0.717, 1.165) is 36.5 Å². The molecule has 2 aromatic carbocycles. The van der Waals surface area contributed by atoms with E-state index in [9.17, 15) is 19.5 Å². The monoisotopic (exact) mass is 489 g/mol. The van der Waals surface area contributed by atoms with Gasteiger partial charge in [0, 0.05) is 12.1 Å². The molecular weight excluding hydrogens is 466 g/mol. The first-order valence-electron chi connectivity index (χ1n) is 11.2. The van der Waals surface area contributed by atoms with Crippen molar-refractivity contribution in [1.82, 2.24) is 15.1 Å². The summed E-state index contributed by atoms with van der Waals surface area (Å²) in [5.41, 5.74) is 2.29. The van der Waals surface area contributed by atoms with Crippen LogP contribution in [0, 0.1) is 0 Å². The van der Waals surface area contributed by atoms with Crippen LogP contribution in [0.5, 0.6) is 0 Å². The van der Waals surface area contributed by atoms with Gasteiger partial charge in [0.2, 0.25) is 0 Å². The molecule has 3 heterocycles. The van der Waals surface area contributed by atoms with Gasteiger partial charge in [-0.15, -0.1) is 11.3 Å². The van der Waals surface area contributed by atoms with Crippen LogP contribution in [0.15, 0.2) is 54.6 Å². The zero-order chi connectivity index (χ0) is 24.4. The van der Waals surface area contributed by atoms with Crippen LogP contribution >= 0.6 is 11.3 Å². The number of nitrogens with zero attached hydrogens (tertiary/aromatic N) is 2. The van der Waals surface area contributed by atoms with Crippen LogP contribution < -0.4 is 10.6 Å². The van der Waals surface area contributed by atoms with E-state index in [1.165, 1.54) is 18.9 Å². The number of hydrogen-bond donors (Lipinski definition) is 4. The second-order valence-electron chi connectivity index (χ2n) is 8.37. The fraction of sp³-hybridized carbons (Fsp3) is 0.200. The average molecular weight is 490 g/mol. The third kappa shape index (κ3) is 4.93. The molecule has 1 fully saturated rings. The number of thiophene rings is 1. The number of anilines is 2. The van der Waals surface area contributed by atoms with Crippen molar-refractivity contribution in [3.8, 4) is 0 Å². The number of rotatable bonds is 7. The number of aromatic amines is 1. The van der Waals surface area contributed by atoms with Gasteiger partial charge in [-0.1, -0.05) is 24.3 Å². The molecular formula is C25H23N5O4S. The number of hydrogen-bond acceptors (Lipinski definition) is 6. The Morgan fingerprint density at radius 3 is 2.49 bits per heavy atom. The van der Waals surface area contributed by atoms with Crippen LogP contribution in [0.25, 0.3) is 10.2 Å². The van der Waals surface area contributed by atoms with Gasteiger partial charge >= 0.3 is 5.97 Å². The number of carbonyl (C=O) groups is 3. The van der Waals surface area contributed by atoms with Gasteiger partial charge in [-0.3, -0.25) is 19.6 Å². The van der Waals surface area contributed by atoms with Crippen LogP contribution in [0.1, 0.15) is 48.8 Å². The van der Waals surface area contributed by atoms with Crippen LogP contribution in [0.2, 0.25) is 0 Å². The summed E-state index contributed by atoms with van der Waals surface area (Å²) in [6.07, 6.45) is 2.46. The lowest BCUT2D eigenvalue weighted by Crippen LogP contribution is -2.19. The van der Waals surface area contributed by atoms with E-state index in [-0.39, 0.29) is 16.3 Å². The lowest BCUT2D eigenvalue weighted by molar-refractivity contribution is 0.0701. The molecule has 4 N–H and O–H groups in total. The number of aromatic nitrogens is 2. The average Bonchev–Trinajstić information content (AvgIpc) is 3.59. The van der Waals surface area contributed by atoms with E-state index in [0.29, 0.717) is 27.3 Å². The molecule has 178 valence electrons. The van der Waals surface area contributed by atoms with E-state index >= 15 is 0 Å². The number of H-pyrrole nitrogens is 1. The number of carbonyl (C=O) groups excluding carboxylic acids is 2. The molecule has 4 aromatic rings. The van der Waals surface area contributed by atoms with Crippen LogP contribution in [-0.4, -0.2) is 51.1 Å². The lowest BCUT2D eigenvalue weighted by atomic mass is 10.1. The van der Waals surface area contributed by atoms with Crippen molar-refractivity contribution in [3.05, 3.63) is 76.2 Å². The quantitative estimate of drug-likeness (QED) is 0.304.